The van der Waals surface area contributed by atoms with E-state index in [2.05, 4.69) is 15.1 Å². The summed E-state index contributed by atoms with van der Waals surface area (Å²) >= 11 is 0. The lowest BCUT2D eigenvalue weighted by Gasteiger charge is -2.20. The summed E-state index contributed by atoms with van der Waals surface area (Å²) in [6.45, 7) is 3.91. The summed E-state index contributed by atoms with van der Waals surface area (Å²) in [5.41, 5.74) is 2.64. The van der Waals surface area contributed by atoms with Crippen LogP contribution in [0.1, 0.15) is 19.0 Å². The fourth-order valence-electron chi connectivity index (χ4n) is 3.09. The van der Waals surface area contributed by atoms with Gasteiger partial charge in [-0.25, -0.2) is 0 Å². The molecule has 1 fully saturated rings. The Morgan fingerprint density at radius 2 is 2.08 bits per heavy atom. The third-order valence-electron chi connectivity index (χ3n) is 4.52. The predicted molar refractivity (Wildman–Crippen MR) is 94.9 cm³/mol. The van der Waals surface area contributed by atoms with Crippen molar-refractivity contribution in [1.82, 2.24) is 28.4 Å². The van der Waals surface area contributed by atoms with Crippen molar-refractivity contribution in [2.24, 2.45) is 5.92 Å². The molecule has 9 heteroatoms. The van der Waals surface area contributed by atoms with Crippen LogP contribution in [0.25, 0.3) is 11.4 Å². The average Bonchev–Trinajstić information content (AvgIpc) is 3.24. The minimum absolute atomic E-state index is 0.274. The molecule has 0 aliphatic carbocycles. The summed E-state index contributed by atoms with van der Waals surface area (Å²) in [4.78, 5) is 9.02. The molecule has 8 nitrogen and oxygen atoms in total. The molecule has 1 aliphatic rings. The minimum atomic E-state index is -3.32. The zero-order valence-electron chi connectivity index (χ0n) is 14.8. The van der Waals surface area contributed by atoms with Crippen LogP contribution in [0.3, 0.4) is 0 Å². The predicted octanol–water partition coefficient (Wildman–Crippen LogP) is 1.03. The number of aryl methyl sites for hydroxylation is 1. The lowest BCUT2D eigenvalue weighted by Crippen LogP contribution is -2.38. The quantitative estimate of drug-likeness (QED) is 0.764. The highest BCUT2D eigenvalue weighted by Crippen LogP contribution is 2.24. The van der Waals surface area contributed by atoms with Gasteiger partial charge in [0.25, 0.3) is 10.2 Å². The van der Waals surface area contributed by atoms with Gasteiger partial charge in [0.1, 0.15) is 5.69 Å². The lowest BCUT2D eigenvalue weighted by molar-refractivity contribution is 0.409. The van der Waals surface area contributed by atoms with Gasteiger partial charge in [0, 0.05) is 46.1 Å². The third-order valence-corrected chi connectivity index (χ3v) is 6.43. The SMILES string of the molecule is CCn1nccc1-c1cnc(C[C@H]2CCN(S(=O)(=O)N(C)C)C2)cn1. The molecular weight excluding hydrogens is 340 g/mol. The summed E-state index contributed by atoms with van der Waals surface area (Å²) in [5, 5.41) is 4.24. The van der Waals surface area contributed by atoms with E-state index in [0.29, 0.717) is 13.1 Å². The molecule has 0 unspecified atom stereocenters. The fourth-order valence-corrected chi connectivity index (χ4v) is 4.29. The van der Waals surface area contributed by atoms with Crippen molar-refractivity contribution in [1.29, 1.82) is 0 Å². The molecule has 0 amide bonds. The number of aromatic nitrogens is 4. The fraction of sp³-hybridized carbons (Fsp3) is 0.562. The zero-order valence-corrected chi connectivity index (χ0v) is 15.6. The summed E-state index contributed by atoms with van der Waals surface area (Å²) in [6, 6.07) is 1.92. The van der Waals surface area contributed by atoms with Gasteiger partial charge in [0.2, 0.25) is 0 Å². The molecule has 0 N–H and O–H groups in total. The van der Waals surface area contributed by atoms with E-state index in [9.17, 15) is 8.42 Å². The Hall–Kier alpha value is -1.84. The van der Waals surface area contributed by atoms with Crippen LogP contribution >= 0.6 is 0 Å². The second-order valence-electron chi connectivity index (χ2n) is 6.43. The first-order valence-corrected chi connectivity index (χ1v) is 9.82. The third kappa shape index (κ3) is 3.73. The van der Waals surface area contributed by atoms with Gasteiger partial charge < -0.3 is 0 Å². The molecular formula is C16H24N6O2S. The summed E-state index contributed by atoms with van der Waals surface area (Å²) in [6.07, 6.45) is 6.89. The molecule has 0 radical (unpaired) electrons. The van der Waals surface area contributed by atoms with E-state index >= 15 is 0 Å². The maximum absolute atomic E-state index is 12.2. The van der Waals surface area contributed by atoms with Crippen LogP contribution in [-0.4, -0.2) is 64.0 Å². The minimum Gasteiger partial charge on any atom is -0.264 e. The Labute approximate surface area is 148 Å². The topological polar surface area (TPSA) is 84.2 Å². The van der Waals surface area contributed by atoms with Gasteiger partial charge in [0.05, 0.1) is 17.6 Å². The van der Waals surface area contributed by atoms with Crippen LogP contribution in [0.4, 0.5) is 0 Å². The first-order chi connectivity index (χ1) is 11.9. The molecule has 1 saturated heterocycles. The van der Waals surface area contributed by atoms with Crippen molar-refractivity contribution >= 4 is 10.2 Å². The van der Waals surface area contributed by atoms with Crippen molar-refractivity contribution in [3.05, 3.63) is 30.4 Å². The molecule has 0 bridgehead atoms. The smallest absolute Gasteiger partial charge is 0.264 e. The molecule has 1 atom stereocenters. The highest BCUT2D eigenvalue weighted by atomic mass is 32.2. The molecule has 0 aromatic carbocycles. The Kier molecular flexibility index (Phi) is 5.16. The van der Waals surface area contributed by atoms with Gasteiger partial charge in [-0.2, -0.15) is 22.1 Å². The largest absolute Gasteiger partial charge is 0.281 e. The van der Waals surface area contributed by atoms with E-state index in [-0.39, 0.29) is 5.92 Å². The van der Waals surface area contributed by atoms with Crippen LogP contribution < -0.4 is 0 Å². The van der Waals surface area contributed by atoms with Crippen LogP contribution in [0.2, 0.25) is 0 Å². The number of hydrogen-bond acceptors (Lipinski definition) is 5. The van der Waals surface area contributed by atoms with Crippen molar-refractivity contribution in [3.63, 3.8) is 0 Å². The van der Waals surface area contributed by atoms with Gasteiger partial charge in [0.15, 0.2) is 0 Å². The summed E-state index contributed by atoms with van der Waals surface area (Å²) in [5.74, 6) is 0.274. The normalized spacial score (nSPS) is 19.0. The molecule has 3 rings (SSSR count). The van der Waals surface area contributed by atoms with E-state index in [1.165, 1.54) is 4.31 Å². The van der Waals surface area contributed by atoms with Gasteiger partial charge >= 0.3 is 0 Å². The maximum Gasteiger partial charge on any atom is 0.281 e. The van der Waals surface area contributed by atoms with Gasteiger partial charge in [-0.1, -0.05) is 0 Å². The first kappa shape index (κ1) is 18.0. The zero-order chi connectivity index (χ0) is 18.0. The monoisotopic (exact) mass is 364 g/mol. The van der Waals surface area contributed by atoms with Crippen molar-refractivity contribution < 1.29 is 8.42 Å². The molecule has 3 heterocycles. The molecule has 2 aromatic rings. The number of nitrogens with zero attached hydrogens (tertiary/aromatic N) is 6. The van der Waals surface area contributed by atoms with Crippen LogP contribution in [-0.2, 0) is 23.2 Å². The van der Waals surface area contributed by atoms with Crippen LogP contribution in [0.5, 0.6) is 0 Å². The molecule has 1 aliphatic heterocycles. The van der Waals surface area contributed by atoms with E-state index in [4.69, 9.17) is 0 Å². The number of hydrogen-bond donors (Lipinski definition) is 0. The van der Waals surface area contributed by atoms with Crippen molar-refractivity contribution in [3.8, 4) is 11.4 Å². The second kappa shape index (κ2) is 7.19. The van der Waals surface area contributed by atoms with E-state index in [1.54, 1.807) is 37.0 Å². The van der Waals surface area contributed by atoms with E-state index in [0.717, 1.165) is 36.5 Å². The Balaban J connectivity index is 1.65. The van der Waals surface area contributed by atoms with E-state index < -0.39 is 10.2 Å². The summed E-state index contributed by atoms with van der Waals surface area (Å²) in [7, 11) is -0.198. The molecule has 136 valence electrons. The van der Waals surface area contributed by atoms with Gasteiger partial charge in [-0.05, 0) is 31.7 Å². The van der Waals surface area contributed by atoms with Gasteiger partial charge in [-0.3, -0.25) is 14.6 Å². The van der Waals surface area contributed by atoms with Crippen molar-refractivity contribution in [2.45, 2.75) is 26.3 Å². The standard InChI is InChI=1S/C16H24N6O2S/c1-4-22-16(5-7-19-22)15-11-17-14(10-18-15)9-13-6-8-21(12-13)25(23,24)20(2)3/h5,7,10-11,13H,4,6,8-9,12H2,1-3H3/t13-/m1/s1. The molecule has 0 saturated carbocycles. The lowest BCUT2D eigenvalue weighted by atomic mass is 10.0. The van der Waals surface area contributed by atoms with Crippen LogP contribution in [0, 0.1) is 5.92 Å². The molecule has 25 heavy (non-hydrogen) atoms. The Morgan fingerprint density at radius 3 is 2.72 bits per heavy atom. The Bertz CT molecular complexity index is 815. The van der Waals surface area contributed by atoms with Crippen molar-refractivity contribution in [2.75, 3.05) is 27.2 Å². The maximum atomic E-state index is 12.2. The highest BCUT2D eigenvalue weighted by molar-refractivity contribution is 7.86. The first-order valence-electron chi connectivity index (χ1n) is 8.42. The Morgan fingerprint density at radius 1 is 1.28 bits per heavy atom. The van der Waals surface area contributed by atoms with Gasteiger partial charge in [-0.15, -0.1) is 0 Å². The van der Waals surface area contributed by atoms with E-state index in [1.807, 2.05) is 17.7 Å². The summed E-state index contributed by atoms with van der Waals surface area (Å²) < 4.78 is 29.1. The molecule has 0 spiro atoms. The number of rotatable bonds is 6. The molecule has 2 aromatic heterocycles. The van der Waals surface area contributed by atoms with Crippen LogP contribution in [0.15, 0.2) is 24.7 Å². The average molecular weight is 364 g/mol. The highest BCUT2D eigenvalue weighted by Gasteiger charge is 2.32. The second-order valence-corrected chi connectivity index (χ2v) is 8.57.